The summed E-state index contributed by atoms with van der Waals surface area (Å²) >= 11 is 0. The number of benzene rings is 2. The average molecular weight is 433 g/mol. The monoisotopic (exact) mass is 432 g/mol. The second-order valence-corrected chi connectivity index (χ2v) is 10.3. The van der Waals surface area contributed by atoms with E-state index in [0.29, 0.717) is 5.92 Å². The first-order valence-electron chi connectivity index (χ1n) is 12.3. The molecule has 0 aromatic heterocycles. The van der Waals surface area contributed by atoms with Crippen molar-refractivity contribution in [2.75, 3.05) is 33.8 Å². The van der Waals surface area contributed by atoms with Gasteiger partial charge in [-0.2, -0.15) is 0 Å². The lowest BCUT2D eigenvalue weighted by Crippen LogP contribution is -2.56. The number of methoxy groups -OCH3 is 1. The highest BCUT2D eigenvalue weighted by Crippen LogP contribution is 2.51. The molecule has 0 N–H and O–H groups in total. The largest absolute Gasteiger partial charge is 0.497 e. The smallest absolute Gasteiger partial charge is 0.253 e. The first-order chi connectivity index (χ1) is 15.6. The van der Waals surface area contributed by atoms with Crippen molar-refractivity contribution in [3.8, 4) is 5.75 Å². The number of piperidine rings is 1. The highest BCUT2D eigenvalue weighted by atomic mass is 16.5. The second-order valence-electron chi connectivity index (χ2n) is 10.3. The lowest BCUT2D eigenvalue weighted by molar-refractivity contribution is 0.0175. The first-order valence-corrected chi connectivity index (χ1v) is 12.3. The van der Waals surface area contributed by atoms with Crippen LogP contribution in [-0.4, -0.2) is 55.5 Å². The molecular weight excluding hydrogens is 396 g/mol. The Morgan fingerprint density at radius 2 is 1.91 bits per heavy atom. The number of carbonyl (C=O) groups is 1. The van der Waals surface area contributed by atoms with Gasteiger partial charge < -0.3 is 14.5 Å². The quantitative estimate of drug-likeness (QED) is 0.645. The molecule has 3 atom stereocenters. The summed E-state index contributed by atoms with van der Waals surface area (Å²) in [6.07, 6.45) is 7.30. The van der Waals surface area contributed by atoms with Gasteiger partial charge in [0.1, 0.15) is 5.75 Å². The van der Waals surface area contributed by atoms with Gasteiger partial charge in [0.2, 0.25) is 0 Å². The van der Waals surface area contributed by atoms with Gasteiger partial charge in [-0.1, -0.05) is 30.3 Å². The molecule has 1 heterocycles. The zero-order valence-electron chi connectivity index (χ0n) is 19.5. The minimum atomic E-state index is 0.114. The van der Waals surface area contributed by atoms with Crippen LogP contribution in [0.5, 0.6) is 5.75 Å². The summed E-state index contributed by atoms with van der Waals surface area (Å²) in [5, 5.41) is 0. The Morgan fingerprint density at radius 1 is 1.09 bits per heavy atom. The van der Waals surface area contributed by atoms with Gasteiger partial charge in [0, 0.05) is 37.2 Å². The van der Waals surface area contributed by atoms with Crippen molar-refractivity contribution in [3.63, 3.8) is 0 Å². The van der Waals surface area contributed by atoms with Gasteiger partial charge in [-0.05, 0) is 86.7 Å². The molecule has 2 saturated carbocycles. The molecule has 0 radical (unpaired) electrons. The molecule has 4 nitrogen and oxygen atoms in total. The van der Waals surface area contributed by atoms with Crippen LogP contribution in [0, 0.1) is 11.8 Å². The van der Waals surface area contributed by atoms with Crippen LogP contribution in [0.4, 0.5) is 0 Å². The molecule has 2 aromatic carbocycles. The van der Waals surface area contributed by atoms with Crippen molar-refractivity contribution in [2.24, 2.45) is 11.8 Å². The van der Waals surface area contributed by atoms with Crippen molar-refractivity contribution < 1.29 is 9.53 Å². The molecule has 32 heavy (non-hydrogen) atoms. The molecular formula is C28H36N2O2. The summed E-state index contributed by atoms with van der Waals surface area (Å²) in [7, 11) is 3.75. The van der Waals surface area contributed by atoms with Crippen molar-refractivity contribution >= 4 is 5.91 Å². The van der Waals surface area contributed by atoms with Crippen molar-refractivity contribution in [1.29, 1.82) is 0 Å². The lowest BCUT2D eigenvalue weighted by atomic mass is 9.57. The van der Waals surface area contributed by atoms with Crippen LogP contribution in [0.25, 0.3) is 0 Å². The summed E-state index contributed by atoms with van der Waals surface area (Å²) in [5.41, 5.74) is 2.30. The highest BCUT2D eigenvalue weighted by Gasteiger charge is 2.49. The van der Waals surface area contributed by atoms with Gasteiger partial charge in [-0.25, -0.2) is 0 Å². The molecule has 1 aliphatic heterocycles. The molecule has 5 rings (SSSR count). The standard InChI is InChI=1S/C28H36N2O2/c1-29(27(31)22-7-4-3-5-8-22)25-14-13-24-20-30(19-21-11-12-21)16-15-28(24,18-25)23-9-6-10-26(17-23)32-2/h3-10,17,21,24-25H,11-16,18-20H2,1-2H3/t24-,25-,28+/m1/s1. The molecule has 0 spiro atoms. The zero-order chi connectivity index (χ0) is 22.1. The maximum absolute atomic E-state index is 13.2. The van der Waals surface area contributed by atoms with Crippen molar-refractivity contribution in [2.45, 2.75) is 50.0 Å². The fourth-order valence-corrected chi connectivity index (χ4v) is 6.23. The highest BCUT2D eigenvalue weighted by molar-refractivity contribution is 5.94. The Morgan fingerprint density at radius 3 is 2.66 bits per heavy atom. The predicted molar refractivity (Wildman–Crippen MR) is 128 cm³/mol. The van der Waals surface area contributed by atoms with Gasteiger partial charge in [0.25, 0.3) is 5.91 Å². The molecule has 0 bridgehead atoms. The molecule has 170 valence electrons. The number of rotatable bonds is 6. The molecule has 2 aromatic rings. The third-order valence-corrected chi connectivity index (χ3v) is 8.33. The van der Waals surface area contributed by atoms with Gasteiger partial charge in [-0.15, -0.1) is 0 Å². The molecule has 2 aliphatic carbocycles. The Hall–Kier alpha value is -2.33. The van der Waals surface area contributed by atoms with Crippen LogP contribution < -0.4 is 4.74 Å². The van der Waals surface area contributed by atoms with Gasteiger partial charge in [0.15, 0.2) is 0 Å². The second kappa shape index (κ2) is 8.90. The summed E-state index contributed by atoms with van der Waals surface area (Å²) in [4.78, 5) is 18.0. The van der Waals surface area contributed by atoms with Crippen LogP contribution in [0.2, 0.25) is 0 Å². The number of hydrogen-bond acceptors (Lipinski definition) is 3. The number of likely N-dealkylation sites (tertiary alicyclic amines) is 1. The Kier molecular flexibility index (Phi) is 5.98. The van der Waals surface area contributed by atoms with Crippen LogP contribution in [0.1, 0.15) is 54.4 Å². The topological polar surface area (TPSA) is 32.8 Å². The van der Waals surface area contributed by atoms with E-state index >= 15 is 0 Å². The van der Waals surface area contributed by atoms with Crippen LogP contribution in [-0.2, 0) is 5.41 Å². The number of hydrogen-bond donors (Lipinski definition) is 0. The Balaban J connectivity index is 1.42. The minimum absolute atomic E-state index is 0.114. The SMILES string of the molecule is COc1cccc([C@@]23CCN(CC4CC4)C[C@H]2CC[C@@H](N(C)C(=O)c2ccccc2)C3)c1. The fourth-order valence-electron chi connectivity index (χ4n) is 6.23. The maximum atomic E-state index is 13.2. The summed E-state index contributed by atoms with van der Waals surface area (Å²) in [5.74, 6) is 2.65. The van der Waals surface area contributed by atoms with E-state index in [2.05, 4.69) is 23.1 Å². The number of nitrogens with zero attached hydrogens (tertiary/aromatic N) is 2. The summed E-state index contributed by atoms with van der Waals surface area (Å²) in [6, 6.07) is 18.7. The van der Waals surface area contributed by atoms with E-state index in [9.17, 15) is 4.79 Å². The van der Waals surface area contributed by atoms with E-state index in [1.807, 2.05) is 48.3 Å². The van der Waals surface area contributed by atoms with E-state index in [0.717, 1.165) is 36.6 Å². The third kappa shape index (κ3) is 4.17. The maximum Gasteiger partial charge on any atom is 0.253 e. The van der Waals surface area contributed by atoms with E-state index in [1.54, 1.807) is 7.11 Å². The number of carbonyl (C=O) groups excluding carboxylic acids is 1. The number of amides is 1. The van der Waals surface area contributed by atoms with E-state index in [1.165, 1.54) is 44.3 Å². The Bertz CT molecular complexity index is 941. The number of ether oxygens (including phenoxy) is 1. The Labute approximate surface area is 192 Å². The zero-order valence-corrected chi connectivity index (χ0v) is 19.5. The van der Waals surface area contributed by atoms with Crippen LogP contribution in [0.3, 0.4) is 0 Å². The van der Waals surface area contributed by atoms with Gasteiger partial charge in [-0.3, -0.25) is 4.79 Å². The van der Waals surface area contributed by atoms with Crippen LogP contribution >= 0.6 is 0 Å². The van der Waals surface area contributed by atoms with Crippen molar-refractivity contribution in [3.05, 3.63) is 65.7 Å². The predicted octanol–water partition coefficient (Wildman–Crippen LogP) is 4.99. The van der Waals surface area contributed by atoms with Gasteiger partial charge >= 0.3 is 0 Å². The van der Waals surface area contributed by atoms with E-state index in [4.69, 9.17) is 4.74 Å². The summed E-state index contributed by atoms with van der Waals surface area (Å²) < 4.78 is 5.60. The minimum Gasteiger partial charge on any atom is -0.497 e. The number of fused-ring (bicyclic) bond motifs is 1. The summed E-state index contributed by atoms with van der Waals surface area (Å²) in [6.45, 7) is 3.63. The molecule has 3 fully saturated rings. The van der Waals surface area contributed by atoms with Crippen molar-refractivity contribution in [1.82, 2.24) is 9.80 Å². The van der Waals surface area contributed by atoms with Gasteiger partial charge in [0.05, 0.1) is 7.11 Å². The third-order valence-electron chi connectivity index (χ3n) is 8.33. The van der Waals surface area contributed by atoms with Crippen LogP contribution in [0.15, 0.2) is 54.6 Å². The molecule has 0 unspecified atom stereocenters. The first kappa shape index (κ1) is 21.5. The molecule has 1 saturated heterocycles. The molecule has 1 amide bonds. The lowest BCUT2D eigenvalue weighted by Gasteiger charge is -2.54. The average Bonchev–Trinajstić information content (AvgIpc) is 3.67. The molecule has 4 heteroatoms. The van der Waals surface area contributed by atoms with E-state index in [-0.39, 0.29) is 17.4 Å². The normalized spacial score (nSPS) is 28.1. The fraction of sp³-hybridized carbons (Fsp3) is 0.536. The molecule has 3 aliphatic rings. The van der Waals surface area contributed by atoms with E-state index < -0.39 is 0 Å².